The van der Waals surface area contributed by atoms with Crippen molar-refractivity contribution in [3.05, 3.63) is 29.7 Å². The van der Waals surface area contributed by atoms with E-state index >= 15 is 0 Å². The van der Waals surface area contributed by atoms with Crippen molar-refractivity contribution in [1.82, 2.24) is 15.0 Å². The average Bonchev–Trinajstić information content (AvgIpc) is 2.66. The molecule has 0 aromatic carbocycles. The minimum atomic E-state index is 0.0598. The van der Waals surface area contributed by atoms with E-state index in [2.05, 4.69) is 15.0 Å². The van der Waals surface area contributed by atoms with Gasteiger partial charge in [-0.25, -0.2) is 9.97 Å². The second-order valence-electron chi connectivity index (χ2n) is 3.05. The first-order valence-electron chi connectivity index (χ1n) is 4.36. The molecule has 0 aliphatic rings. The zero-order valence-electron chi connectivity index (χ0n) is 8.16. The molecule has 0 saturated heterocycles. The summed E-state index contributed by atoms with van der Waals surface area (Å²) in [7, 11) is 1.90. The lowest BCUT2D eigenvalue weighted by Gasteiger charge is -2.14. The van der Waals surface area contributed by atoms with Crippen LogP contribution in [-0.2, 0) is 6.54 Å². The van der Waals surface area contributed by atoms with E-state index in [-0.39, 0.29) is 5.88 Å². The number of thiazole rings is 1. The van der Waals surface area contributed by atoms with Gasteiger partial charge in [0, 0.05) is 13.2 Å². The molecule has 0 amide bonds. The van der Waals surface area contributed by atoms with Gasteiger partial charge in [0.15, 0.2) is 5.13 Å². The highest BCUT2D eigenvalue weighted by Gasteiger charge is 2.07. The van der Waals surface area contributed by atoms with Crippen LogP contribution in [0.15, 0.2) is 24.0 Å². The molecule has 0 unspecified atom stereocenters. The highest BCUT2D eigenvalue weighted by atomic mass is 32.1. The molecule has 0 bridgehead atoms. The zero-order chi connectivity index (χ0) is 10.7. The van der Waals surface area contributed by atoms with Crippen LogP contribution in [-0.4, -0.2) is 27.1 Å². The fraction of sp³-hybridized carbons (Fsp3) is 0.222. The number of hydrogen-bond donors (Lipinski definition) is 1. The number of aromatic hydroxyl groups is 1. The van der Waals surface area contributed by atoms with E-state index in [1.165, 1.54) is 17.7 Å². The summed E-state index contributed by atoms with van der Waals surface area (Å²) in [5.41, 5.74) is 0.919. The number of rotatable bonds is 3. The largest absolute Gasteiger partial charge is 0.493 e. The lowest BCUT2D eigenvalue weighted by atomic mass is 10.4. The second-order valence-corrected chi connectivity index (χ2v) is 3.88. The van der Waals surface area contributed by atoms with Gasteiger partial charge in [0.05, 0.1) is 17.6 Å². The van der Waals surface area contributed by atoms with Crippen molar-refractivity contribution in [2.24, 2.45) is 0 Å². The third kappa shape index (κ3) is 2.41. The maximum Gasteiger partial charge on any atom is 0.223 e. The molecule has 78 valence electrons. The van der Waals surface area contributed by atoms with E-state index in [9.17, 15) is 0 Å². The highest BCUT2D eigenvalue weighted by molar-refractivity contribution is 7.13. The van der Waals surface area contributed by atoms with Crippen LogP contribution in [0.4, 0.5) is 5.13 Å². The topological polar surface area (TPSA) is 62.1 Å². The highest BCUT2D eigenvalue weighted by Crippen LogP contribution is 2.23. The van der Waals surface area contributed by atoms with Crippen LogP contribution in [0.25, 0.3) is 0 Å². The fourth-order valence-electron chi connectivity index (χ4n) is 1.15. The maximum atomic E-state index is 9.12. The third-order valence-corrected chi connectivity index (χ3v) is 2.79. The molecule has 5 nitrogen and oxygen atoms in total. The molecule has 2 aromatic heterocycles. The molecule has 0 fully saturated rings. The lowest BCUT2D eigenvalue weighted by molar-refractivity contribution is 0.457. The van der Waals surface area contributed by atoms with Crippen molar-refractivity contribution in [3.8, 4) is 5.88 Å². The van der Waals surface area contributed by atoms with Gasteiger partial charge in [-0.05, 0) is 6.07 Å². The van der Waals surface area contributed by atoms with Gasteiger partial charge in [-0.3, -0.25) is 0 Å². The summed E-state index contributed by atoms with van der Waals surface area (Å²) in [5.74, 6) is 0.0598. The Bertz CT molecular complexity index is 431. The van der Waals surface area contributed by atoms with Gasteiger partial charge < -0.3 is 10.0 Å². The fourth-order valence-corrected chi connectivity index (χ4v) is 1.81. The summed E-state index contributed by atoms with van der Waals surface area (Å²) in [5, 5.41) is 11.5. The average molecular weight is 222 g/mol. The summed E-state index contributed by atoms with van der Waals surface area (Å²) >= 11 is 1.40. The van der Waals surface area contributed by atoms with Crippen molar-refractivity contribution in [2.45, 2.75) is 6.54 Å². The molecule has 0 saturated carbocycles. The zero-order valence-corrected chi connectivity index (χ0v) is 8.98. The third-order valence-electron chi connectivity index (χ3n) is 1.85. The summed E-state index contributed by atoms with van der Waals surface area (Å²) in [6.07, 6.45) is 3.22. The van der Waals surface area contributed by atoms with E-state index in [0.29, 0.717) is 6.54 Å². The van der Waals surface area contributed by atoms with Crippen LogP contribution < -0.4 is 4.90 Å². The van der Waals surface area contributed by atoms with Crippen molar-refractivity contribution >= 4 is 16.5 Å². The van der Waals surface area contributed by atoms with Gasteiger partial charge in [0.25, 0.3) is 0 Å². The molecule has 0 radical (unpaired) electrons. The molecule has 0 aliphatic heterocycles. The Labute approximate surface area is 91.1 Å². The van der Waals surface area contributed by atoms with Crippen molar-refractivity contribution in [2.75, 3.05) is 11.9 Å². The van der Waals surface area contributed by atoms with Crippen LogP contribution in [0, 0.1) is 0 Å². The van der Waals surface area contributed by atoms with Gasteiger partial charge in [-0.2, -0.15) is 4.98 Å². The predicted molar refractivity (Wildman–Crippen MR) is 57.9 cm³/mol. The number of hydrogen-bond acceptors (Lipinski definition) is 6. The SMILES string of the molecule is CN(Cc1ccncn1)c1nc(O)cs1. The smallest absolute Gasteiger partial charge is 0.223 e. The van der Waals surface area contributed by atoms with Crippen molar-refractivity contribution < 1.29 is 5.11 Å². The predicted octanol–water partition coefficient (Wildman–Crippen LogP) is 1.28. The minimum absolute atomic E-state index is 0.0598. The number of aromatic nitrogens is 3. The molecular weight excluding hydrogens is 212 g/mol. The van der Waals surface area contributed by atoms with Crippen LogP contribution in [0.3, 0.4) is 0 Å². The molecule has 6 heteroatoms. The quantitative estimate of drug-likeness (QED) is 0.847. The van der Waals surface area contributed by atoms with E-state index in [1.807, 2.05) is 18.0 Å². The van der Waals surface area contributed by atoms with Gasteiger partial charge in [0.2, 0.25) is 5.88 Å². The number of nitrogens with zero attached hydrogens (tertiary/aromatic N) is 4. The van der Waals surface area contributed by atoms with E-state index < -0.39 is 0 Å². The number of anilines is 1. The van der Waals surface area contributed by atoms with Crippen molar-refractivity contribution in [1.29, 1.82) is 0 Å². The Morgan fingerprint density at radius 2 is 2.40 bits per heavy atom. The van der Waals surface area contributed by atoms with Gasteiger partial charge >= 0.3 is 0 Å². The van der Waals surface area contributed by atoms with E-state index in [0.717, 1.165) is 10.8 Å². The van der Waals surface area contributed by atoms with Gasteiger partial charge in [-0.1, -0.05) is 0 Å². The summed E-state index contributed by atoms with van der Waals surface area (Å²) in [6, 6.07) is 1.85. The van der Waals surface area contributed by atoms with Gasteiger partial charge in [-0.15, -0.1) is 11.3 Å². The molecule has 2 aromatic rings. The molecule has 0 aliphatic carbocycles. The maximum absolute atomic E-state index is 9.12. The Balaban J connectivity index is 2.07. The summed E-state index contributed by atoms with van der Waals surface area (Å²) in [6.45, 7) is 0.648. The first-order chi connectivity index (χ1) is 7.25. The van der Waals surface area contributed by atoms with E-state index in [1.54, 1.807) is 11.6 Å². The Kier molecular flexibility index (Phi) is 2.77. The normalized spacial score (nSPS) is 10.2. The standard InChI is InChI=1S/C9H10N4OS/c1-13(9-12-8(14)5-15-9)4-7-2-3-10-6-11-7/h2-3,5-6,14H,4H2,1H3. The van der Waals surface area contributed by atoms with Crippen LogP contribution in [0.2, 0.25) is 0 Å². The van der Waals surface area contributed by atoms with Crippen molar-refractivity contribution in [3.63, 3.8) is 0 Å². The van der Waals surface area contributed by atoms with Crippen LogP contribution in [0.1, 0.15) is 5.69 Å². The molecule has 2 rings (SSSR count). The van der Waals surface area contributed by atoms with Gasteiger partial charge in [0.1, 0.15) is 6.33 Å². The van der Waals surface area contributed by atoms with Crippen LogP contribution >= 0.6 is 11.3 Å². The monoisotopic (exact) mass is 222 g/mol. The first-order valence-corrected chi connectivity index (χ1v) is 5.24. The molecule has 1 N–H and O–H groups in total. The minimum Gasteiger partial charge on any atom is -0.493 e. The first kappa shape index (κ1) is 9.85. The molecular formula is C9H10N4OS. The summed E-state index contributed by atoms with van der Waals surface area (Å²) < 4.78 is 0. The molecule has 0 atom stereocenters. The molecule has 15 heavy (non-hydrogen) atoms. The lowest BCUT2D eigenvalue weighted by Crippen LogP contribution is -2.16. The molecule has 0 spiro atoms. The second kappa shape index (κ2) is 4.22. The Morgan fingerprint density at radius 1 is 1.53 bits per heavy atom. The van der Waals surface area contributed by atoms with E-state index in [4.69, 9.17) is 5.11 Å². The molecule has 2 heterocycles. The van der Waals surface area contributed by atoms with Crippen LogP contribution in [0.5, 0.6) is 5.88 Å². The Morgan fingerprint density at radius 3 is 3.00 bits per heavy atom. The summed E-state index contributed by atoms with van der Waals surface area (Å²) in [4.78, 5) is 13.8. The Hall–Kier alpha value is -1.69.